The van der Waals surface area contributed by atoms with Crippen molar-refractivity contribution in [2.45, 2.75) is 22.7 Å². The van der Waals surface area contributed by atoms with Crippen LogP contribution in [-0.2, 0) is 32.2 Å². The third-order valence-corrected chi connectivity index (χ3v) is 7.81. The Hall–Kier alpha value is -2.14. The topological polar surface area (TPSA) is 147 Å². The molecule has 3 heterocycles. The quantitative estimate of drug-likeness (QED) is 0.349. The normalized spacial score (nSPS) is 22.1. The maximum Gasteiger partial charge on any atom is 0.400 e. The SMILES string of the molecule is Cn1nnnc1SCC1=C(C(=O)O)N2C(=O)C(NC(=O)CS(=O)CC(F)(F)F)[C@H]2SC1. The van der Waals surface area contributed by atoms with Gasteiger partial charge in [0.1, 0.15) is 28.6 Å². The summed E-state index contributed by atoms with van der Waals surface area (Å²) in [4.78, 5) is 37.2. The van der Waals surface area contributed by atoms with Gasteiger partial charge in [-0.05, 0) is 16.0 Å². The molecule has 0 aliphatic carbocycles. The van der Waals surface area contributed by atoms with Crippen molar-refractivity contribution in [2.75, 3.05) is 23.0 Å². The van der Waals surface area contributed by atoms with Gasteiger partial charge in [0.2, 0.25) is 11.1 Å². The average molecular weight is 501 g/mol. The Balaban J connectivity index is 1.65. The first-order valence-electron chi connectivity index (χ1n) is 8.44. The fraction of sp³-hybridized carbons (Fsp3) is 0.571. The third kappa shape index (κ3) is 5.38. The van der Waals surface area contributed by atoms with E-state index in [4.69, 9.17) is 0 Å². The number of amides is 2. The summed E-state index contributed by atoms with van der Waals surface area (Å²) < 4.78 is 49.6. The molecule has 2 N–H and O–H groups in total. The number of β-lactam (4-membered cyclic amide) rings is 1. The molecule has 0 radical (unpaired) electrons. The van der Waals surface area contributed by atoms with Crippen molar-refractivity contribution in [3.05, 3.63) is 11.3 Å². The van der Waals surface area contributed by atoms with Crippen LogP contribution in [0.4, 0.5) is 13.2 Å². The van der Waals surface area contributed by atoms with Crippen molar-refractivity contribution in [3.8, 4) is 0 Å². The van der Waals surface area contributed by atoms with Gasteiger partial charge in [-0.3, -0.25) is 18.7 Å². The number of tetrazole rings is 1. The predicted octanol–water partition coefficient (Wildman–Crippen LogP) is -0.648. The van der Waals surface area contributed by atoms with Gasteiger partial charge in [-0.1, -0.05) is 11.8 Å². The smallest absolute Gasteiger partial charge is 0.400 e. The zero-order valence-electron chi connectivity index (χ0n) is 15.7. The number of alkyl halides is 3. The molecule has 2 aliphatic rings. The lowest BCUT2D eigenvalue weighted by Crippen LogP contribution is -2.70. The number of thioether (sulfide) groups is 2. The predicted molar refractivity (Wildman–Crippen MR) is 103 cm³/mol. The van der Waals surface area contributed by atoms with Crippen LogP contribution in [0.15, 0.2) is 16.4 Å². The van der Waals surface area contributed by atoms with Crippen molar-refractivity contribution in [2.24, 2.45) is 7.05 Å². The number of aliphatic carboxylic acids is 1. The molecule has 17 heteroatoms. The van der Waals surface area contributed by atoms with Gasteiger partial charge in [0.05, 0.1) is 0 Å². The summed E-state index contributed by atoms with van der Waals surface area (Å²) in [6, 6.07) is -1.10. The Kier molecular flexibility index (Phi) is 6.95. The van der Waals surface area contributed by atoms with E-state index in [0.29, 0.717) is 10.7 Å². The highest BCUT2D eigenvalue weighted by Gasteiger charge is 2.54. The summed E-state index contributed by atoms with van der Waals surface area (Å²) in [5.74, 6) is -5.06. The van der Waals surface area contributed by atoms with Crippen LogP contribution in [0.25, 0.3) is 0 Å². The number of nitrogens with zero attached hydrogens (tertiary/aromatic N) is 5. The van der Waals surface area contributed by atoms with Gasteiger partial charge in [-0.2, -0.15) is 13.2 Å². The number of halogens is 3. The second-order valence-electron chi connectivity index (χ2n) is 6.43. The number of rotatable bonds is 8. The van der Waals surface area contributed by atoms with Crippen molar-refractivity contribution >= 4 is 52.1 Å². The number of hydrogen-bond donors (Lipinski definition) is 2. The van der Waals surface area contributed by atoms with E-state index in [2.05, 4.69) is 20.8 Å². The number of carboxylic acid groups (broad SMARTS) is 1. The molecule has 2 unspecified atom stereocenters. The highest BCUT2D eigenvalue weighted by molar-refractivity contribution is 8.01. The molecule has 1 saturated heterocycles. The minimum absolute atomic E-state index is 0.206. The van der Waals surface area contributed by atoms with Crippen LogP contribution in [0.1, 0.15) is 0 Å². The van der Waals surface area contributed by atoms with E-state index in [1.807, 2.05) is 0 Å². The maximum absolute atomic E-state index is 12.5. The number of aryl methyl sites for hydroxylation is 1. The second-order valence-corrected chi connectivity index (χ2v) is 9.93. The number of aromatic nitrogens is 4. The van der Waals surface area contributed by atoms with Crippen molar-refractivity contribution in [1.29, 1.82) is 0 Å². The van der Waals surface area contributed by atoms with E-state index in [1.165, 1.54) is 28.2 Å². The van der Waals surface area contributed by atoms with Crippen LogP contribution in [0.5, 0.6) is 0 Å². The molecular formula is C14H15F3N6O5S3. The van der Waals surface area contributed by atoms with Gasteiger partial charge < -0.3 is 10.4 Å². The molecule has 3 rings (SSSR count). The molecule has 0 spiro atoms. The minimum Gasteiger partial charge on any atom is -0.477 e. The molecule has 1 fully saturated rings. The molecular weight excluding hydrogens is 485 g/mol. The Bertz CT molecular complexity index is 968. The molecule has 2 aliphatic heterocycles. The summed E-state index contributed by atoms with van der Waals surface area (Å²) >= 11 is 2.40. The standard InChI is InChI=1S/C14H15F3N6O5S3/c1-22-13(19-20-21-22)30-3-6-2-29-11-8(10(25)23(11)9(6)12(26)27)18-7(24)4-31(28)5-14(15,16)17/h8,11H,2-5H2,1H3,(H,18,24)(H,26,27)/t8?,11-,31?/m1/s1. The lowest BCUT2D eigenvalue weighted by Gasteiger charge is -2.49. The van der Waals surface area contributed by atoms with Gasteiger partial charge in [0.15, 0.2) is 0 Å². The van der Waals surface area contributed by atoms with E-state index >= 15 is 0 Å². The molecule has 0 bridgehead atoms. The molecule has 31 heavy (non-hydrogen) atoms. The Morgan fingerprint density at radius 1 is 1.42 bits per heavy atom. The summed E-state index contributed by atoms with van der Waals surface area (Å²) in [7, 11) is -0.848. The molecule has 0 aromatic carbocycles. The number of fused-ring (bicyclic) bond motifs is 1. The molecule has 1 aromatic heterocycles. The van der Waals surface area contributed by atoms with E-state index in [0.717, 1.165) is 4.90 Å². The van der Waals surface area contributed by atoms with Crippen LogP contribution < -0.4 is 5.32 Å². The molecule has 3 atom stereocenters. The van der Waals surface area contributed by atoms with Gasteiger partial charge in [-0.25, -0.2) is 9.48 Å². The summed E-state index contributed by atoms with van der Waals surface area (Å²) in [5, 5.41) is 22.5. The molecule has 0 saturated carbocycles. The summed E-state index contributed by atoms with van der Waals surface area (Å²) in [6.07, 6.45) is -4.68. The monoisotopic (exact) mass is 500 g/mol. The van der Waals surface area contributed by atoms with E-state index in [-0.39, 0.29) is 17.2 Å². The van der Waals surface area contributed by atoms with Crippen LogP contribution in [0, 0.1) is 0 Å². The highest BCUT2D eigenvalue weighted by atomic mass is 32.2. The maximum atomic E-state index is 12.5. The lowest BCUT2D eigenvalue weighted by atomic mass is 10.0. The summed E-state index contributed by atoms with van der Waals surface area (Å²) in [5.41, 5.74) is 0.258. The van der Waals surface area contributed by atoms with E-state index in [9.17, 15) is 36.9 Å². The fourth-order valence-electron chi connectivity index (χ4n) is 2.88. The van der Waals surface area contributed by atoms with Gasteiger partial charge >= 0.3 is 12.1 Å². The van der Waals surface area contributed by atoms with Gasteiger partial charge in [-0.15, -0.1) is 16.9 Å². The number of carbonyl (C=O) groups is 3. The number of hydrogen-bond acceptors (Lipinski definition) is 9. The first-order valence-corrected chi connectivity index (χ1v) is 12.0. The lowest BCUT2D eigenvalue weighted by molar-refractivity contribution is -0.150. The number of carbonyl (C=O) groups excluding carboxylic acids is 2. The largest absolute Gasteiger partial charge is 0.477 e. The van der Waals surface area contributed by atoms with Crippen molar-refractivity contribution in [1.82, 2.24) is 30.4 Å². The van der Waals surface area contributed by atoms with Crippen LogP contribution >= 0.6 is 23.5 Å². The zero-order valence-corrected chi connectivity index (χ0v) is 18.1. The third-order valence-electron chi connectivity index (χ3n) is 4.14. The number of nitrogens with one attached hydrogen (secondary N) is 1. The minimum atomic E-state index is -4.68. The first kappa shape index (κ1) is 23.5. The first-order chi connectivity index (χ1) is 14.5. The Morgan fingerprint density at radius 3 is 2.71 bits per heavy atom. The summed E-state index contributed by atoms with van der Waals surface area (Å²) in [6.45, 7) is 0. The van der Waals surface area contributed by atoms with Gasteiger partial charge in [0, 0.05) is 29.4 Å². The Morgan fingerprint density at radius 2 is 2.13 bits per heavy atom. The van der Waals surface area contributed by atoms with E-state index in [1.54, 1.807) is 7.05 Å². The van der Waals surface area contributed by atoms with E-state index < -0.39 is 57.7 Å². The fourth-order valence-corrected chi connectivity index (χ4v) is 6.06. The molecule has 170 valence electrons. The molecule has 11 nitrogen and oxygen atoms in total. The molecule has 2 amide bonds. The highest BCUT2D eigenvalue weighted by Crippen LogP contribution is 2.41. The van der Waals surface area contributed by atoms with Crippen LogP contribution in [-0.4, -0.2) is 92.8 Å². The van der Waals surface area contributed by atoms with Gasteiger partial charge in [0.25, 0.3) is 5.91 Å². The average Bonchev–Trinajstić information content (AvgIpc) is 3.06. The Labute approximate surface area is 183 Å². The zero-order chi connectivity index (χ0) is 22.9. The van der Waals surface area contributed by atoms with Crippen LogP contribution in [0.2, 0.25) is 0 Å². The van der Waals surface area contributed by atoms with Crippen molar-refractivity contribution in [3.63, 3.8) is 0 Å². The van der Waals surface area contributed by atoms with Crippen LogP contribution in [0.3, 0.4) is 0 Å². The second kappa shape index (κ2) is 9.15. The molecule has 1 aromatic rings. The number of carboxylic acids is 1. The van der Waals surface area contributed by atoms with Crippen molar-refractivity contribution < 1.29 is 36.9 Å².